The first-order chi connectivity index (χ1) is 3.50. The second-order valence-electron chi connectivity index (χ2n) is 1.05. The van der Waals surface area contributed by atoms with Crippen LogP contribution in [0.15, 0.2) is 29.8 Å². The van der Waals surface area contributed by atoms with E-state index < -0.39 is 0 Å². The first-order valence-electron chi connectivity index (χ1n) is 1.99. The zero-order valence-electron chi connectivity index (χ0n) is 4.15. The van der Waals surface area contributed by atoms with Crippen molar-refractivity contribution in [3.63, 3.8) is 0 Å². The van der Waals surface area contributed by atoms with Gasteiger partial charge in [-0.3, -0.25) is 4.99 Å². The van der Waals surface area contributed by atoms with Crippen molar-refractivity contribution in [1.82, 2.24) is 0 Å². The van der Waals surface area contributed by atoms with Crippen molar-refractivity contribution in [1.29, 1.82) is 0 Å². The van der Waals surface area contributed by atoms with E-state index in [0.717, 1.165) is 0 Å². The molecule has 1 heterocycles. The summed E-state index contributed by atoms with van der Waals surface area (Å²) in [5, 5.41) is 0. The van der Waals surface area contributed by atoms with Crippen LogP contribution in [0.4, 0.5) is 0 Å². The maximum atomic E-state index is 4.71. The summed E-state index contributed by atoms with van der Waals surface area (Å²) < 4.78 is 4.71. The van der Waals surface area contributed by atoms with Gasteiger partial charge in [-0.15, -0.1) is 12.4 Å². The van der Waals surface area contributed by atoms with Gasteiger partial charge in [0.05, 0.1) is 12.5 Å². The summed E-state index contributed by atoms with van der Waals surface area (Å²) in [5.41, 5.74) is 0. The predicted octanol–water partition coefficient (Wildman–Crippen LogP) is 1.49. The lowest BCUT2D eigenvalue weighted by molar-refractivity contribution is 0.403. The zero-order chi connectivity index (χ0) is 4.95. The summed E-state index contributed by atoms with van der Waals surface area (Å²) in [7, 11) is 0. The highest BCUT2D eigenvalue weighted by atomic mass is 35.5. The molecule has 0 aromatic carbocycles. The van der Waals surface area contributed by atoms with Crippen LogP contribution in [0.3, 0.4) is 0 Å². The molecule has 44 valence electrons. The largest absolute Gasteiger partial charge is 0.471 e. The summed E-state index contributed by atoms with van der Waals surface area (Å²) in [5.74, 6) is 0. The predicted molar refractivity (Wildman–Crippen MR) is 35.1 cm³/mol. The number of halogens is 1. The first kappa shape index (κ1) is 7.24. The minimum Gasteiger partial charge on any atom is -0.471 e. The molecule has 1 aliphatic rings. The number of aliphatic imine (C=N–C) groups is 1. The van der Waals surface area contributed by atoms with E-state index in [2.05, 4.69) is 4.99 Å². The molecule has 0 saturated heterocycles. The van der Waals surface area contributed by atoms with Gasteiger partial charge in [0.1, 0.15) is 6.26 Å². The Balaban J connectivity index is 0.000000490. The molecule has 0 unspecified atom stereocenters. The lowest BCUT2D eigenvalue weighted by Crippen LogP contribution is -1.58. The van der Waals surface area contributed by atoms with Crippen molar-refractivity contribution in [2.75, 3.05) is 0 Å². The van der Waals surface area contributed by atoms with E-state index in [-0.39, 0.29) is 12.4 Å². The highest BCUT2D eigenvalue weighted by Gasteiger charge is 1.70. The molecule has 1 aliphatic heterocycles. The lowest BCUT2D eigenvalue weighted by atomic mass is 10.7. The van der Waals surface area contributed by atoms with E-state index in [9.17, 15) is 0 Å². The molecular formula is C5H6ClNO. The summed E-state index contributed by atoms with van der Waals surface area (Å²) >= 11 is 0. The summed E-state index contributed by atoms with van der Waals surface area (Å²) in [4.78, 5) is 3.75. The fourth-order valence-electron chi connectivity index (χ4n) is 0.296. The third-order valence-corrected chi connectivity index (χ3v) is 0.555. The summed E-state index contributed by atoms with van der Waals surface area (Å²) in [6.45, 7) is 0. The Morgan fingerprint density at radius 1 is 1.25 bits per heavy atom. The third-order valence-electron chi connectivity index (χ3n) is 0.555. The zero-order valence-corrected chi connectivity index (χ0v) is 4.97. The van der Waals surface area contributed by atoms with Crippen molar-refractivity contribution >= 4 is 18.6 Å². The van der Waals surface area contributed by atoms with Crippen LogP contribution in [0.1, 0.15) is 0 Å². The minimum atomic E-state index is 0. The van der Waals surface area contributed by atoms with Crippen LogP contribution in [-0.4, -0.2) is 6.21 Å². The van der Waals surface area contributed by atoms with Gasteiger partial charge in [-0.05, 0) is 6.08 Å². The smallest absolute Gasteiger partial charge is 0.108 e. The summed E-state index contributed by atoms with van der Waals surface area (Å²) in [6, 6.07) is 0. The van der Waals surface area contributed by atoms with Crippen LogP contribution in [0.2, 0.25) is 0 Å². The molecule has 0 saturated carbocycles. The minimum absolute atomic E-state index is 0. The first-order valence-corrected chi connectivity index (χ1v) is 1.99. The van der Waals surface area contributed by atoms with E-state index in [0.29, 0.717) is 0 Å². The molecule has 8 heavy (non-hydrogen) atoms. The molecule has 0 radical (unpaired) electrons. The highest BCUT2D eigenvalue weighted by molar-refractivity contribution is 5.85. The van der Waals surface area contributed by atoms with Gasteiger partial charge in [0.2, 0.25) is 0 Å². The van der Waals surface area contributed by atoms with Crippen molar-refractivity contribution in [3.8, 4) is 0 Å². The van der Waals surface area contributed by atoms with Gasteiger partial charge in [0.25, 0.3) is 0 Å². The Labute approximate surface area is 54.0 Å². The second kappa shape index (κ2) is 4.40. The quantitative estimate of drug-likeness (QED) is 0.488. The molecule has 0 bridgehead atoms. The SMILES string of the molecule is C1=COC=CN=C1.Cl. The number of allylic oxidation sites excluding steroid dienone is 1. The van der Waals surface area contributed by atoms with Gasteiger partial charge in [0, 0.05) is 6.21 Å². The molecule has 0 atom stereocenters. The average molecular weight is 132 g/mol. The second-order valence-corrected chi connectivity index (χ2v) is 1.05. The topological polar surface area (TPSA) is 21.6 Å². The normalized spacial score (nSPS) is 14.0. The number of nitrogens with zero attached hydrogens (tertiary/aromatic N) is 1. The fourth-order valence-corrected chi connectivity index (χ4v) is 0.296. The fraction of sp³-hybridized carbons (Fsp3) is 0. The van der Waals surface area contributed by atoms with Crippen LogP contribution >= 0.6 is 12.4 Å². The Kier molecular flexibility index (Phi) is 3.98. The van der Waals surface area contributed by atoms with Gasteiger partial charge < -0.3 is 4.74 Å². The Bertz CT molecular complexity index is 114. The molecule has 0 amide bonds. The van der Waals surface area contributed by atoms with Crippen molar-refractivity contribution in [3.05, 3.63) is 24.8 Å². The Hall–Kier alpha value is -0.760. The molecular weight excluding hydrogens is 126 g/mol. The van der Waals surface area contributed by atoms with E-state index >= 15 is 0 Å². The van der Waals surface area contributed by atoms with E-state index in [4.69, 9.17) is 4.74 Å². The van der Waals surface area contributed by atoms with Crippen LogP contribution in [0.25, 0.3) is 0 Å². The molecule has 0 aliphatic carbocycles. The average Bonchev–Trinajstić information content (AvgIpc) is 1.90. The number of hydrogen-bond acceptors (Lipinski definition) is 2. The number of ether oxygens (including phenoxy) is 1. The monoisotopic (exact) mass is 131 g/mol. The Morgan fingerprint density at radius 3 is 3.00 bits per heavy atom. The van der Waals surface area contributed by atoms with Gasteiger partial charge in [-0.1, -0.05) is 0 Å². The van der Waals surface area contributed by atoms with Crippen molar-refractivity contribution in [2.45, 2.75) is 0 Å². The van der Waals surface area contributed by atoms with Crippen LogP contribution in [-0.2, 0) is 4.74 Å². The van der Waals surface area contributed by atoms with E-state index in [1.807, 2.05) is 0 Å². The van der Waals surface area contributed by atoms with Crippen molar-refractivity contribution < 1.29 is 4.74 Å². The standard InChI is InChI=1S/C5H5NO.ClH/c1-2-6-3-5-7-4-1;/h1-5H;1H. The summed E-state index contributed by atoms with van der Waals surface area (Å²) in [6.07, 6.45) is 8.04. The molecule has 0 spiro atoms. The molecule has 1 rings (SSSR count). The van der Waals surface area contributed by atoms with Crippen LogP contribution in [0.5, 0.6) is 0 Å². The maximum absolute atomic E-state index is 4.71. The molecule has 3 heteroatoms. The van der Waals surface area contributed by atoms with Gasteiger partial charge in [0.15, 0.2) is 0 Å². The molecule has 0 N–H and O–H groups in total. The van der Waals surface area contributed by atoms with Crippen LogP contribution < -0.4 is 0 Å². The lowest BCUT2D eigenvalue weighted by Gasteiger charge is -1.78. The highest BCUT2D eigenvalue weighted by Crippen LogP contribution is 1.84. The Morgan fingerprint density at radius 2 is 2.12 bits per heavy atom. The van der Waals surface area contributed by atoms with Gasteiger partial charge in [-0.25, -0.2) is 0 Å². The van der Waals surface area contributed by atoms with Gasteiger partial charge >= 0.3 is 0 Å². The third kappa shape index (κ3) is 2.42. The molecule has 0 aromatic rings. The van der Waals surface area contributed by atoms with Crippen LogP contribution in [0, 0.1) is 0 Å². The number of rotatable bonds is 0. The molecule has 0 aromatic heterocycles. The van der Waals surface area contributed by atoms with Crippen molar-refractivity contribution in [2.24, 2.45) is 4.99 Å². The maximum Gasteiger partial charge on any atom is 0.108 e. The van der Waals surface area contributed by atoms with E-state index in [1.165, 1.54) is 6.26 Å². The van der Waals surface area contributed by atoms with E-state index in [1.54, 1.807) is 24.8 Å². The number of hydrogen-bond donors (Lipinski definition) is 0. The molecule has 0 fully saturated rings. The van der Waals surface area contributed by atoms with Gasteiger partial charge in [-0.2, -0.15) is 0 Å². The molecule has 2 nitrogen and oxygen atoms in total.